The van der Waals surface area contributed by atoms with Crippen LogP contribution >= 0.6 is 39.0 Å². The number of alkyl halides is 3. The fourth-order valence-corrected chi connectivity index (χ4v) is 8.85. The van der Waals surface area contributed by atoms with Crippen molar-refractivity contribution in [1.29, 1.82) is 0 Å². The Balaban J connectivity index is 1.45. The normalized spacial score (nSPS) is 22.6. The summed E-state index contributed by atoms with van der Waals surface area (Å²) in [4.78, 5) is 56.7. The minimum Gasteiger partial charge on any atom is -0.341 e. The topological polar surface area (TPSA) is 79.7 Å². The van der Waals surface area contributed by atoms with Crippen LogP contribution in [0.15, 0.2) is 62.8 Å². The third-order valence-corrected chi connectivity index (χ3v) is 10.9. The van der Waals surface area contributed by atoms with Crippen LogP contribution in [0.25, 0.3) is 0 Å². The highest BCUT2D eigenvalue weighted by Gasteiger charge is 2.57. The molecule has 3 aliphatic rings. The number of hydrogen-bond acceptors (Lipinski definition) is 6. The number of amides is 3. The number of thiazole rings is 1. The molecule has 3 atom stereocenters. The molecule has 4 heterocycles. The van der Waals surface area contributed by atoms with Crippen molar-refractivity contribution >= 4 is 62.4 Å². The Hall–Kier alpha value is -2.90. The molecule has 0 unspecified atom stereocenters. The van der Waals surface area contributed by atoms with E-state index in [1.54, 1.807) is 29.2 Å². The maximum absolute atomic E-state index is 13.9. The first kappa shape index (κ1) is 28.2. The smallest absolute Gasteiger partial charge is 0.341 e. The maximum Gasteiger partial charge on any atom is 0.418 e. The second kappa shape index (κ2) is 10.7. The monoisotopic (exact) mass is 665 g/mol. The number of fused-ring (bicyclic) bond motifs is 2. The molecule has 6 rings (SSSR count). The molecule has 2 fully saturated rings. The van der Waals surface area contributed by atoms with E-state index in [0.717, 1.165) is 59.0 Å². The molecule has 3 aliphatic heterocycles. The number of nitrogens with zero attached hydrogens (tertiary/aromatic N) is 3. The lowest BCUT2D eigenvalue weighted by Crippen LogP contribution is -2.39. The Morgan fingerprint density at radius 3 is 2.32 bits per heavy atom. The van der Waals surface area contributed by atoms with E-state index in [1.165, 1.54) is 16.7 Å². The van der Waals surface area contributed by atoms with E-state index >= 15 is 0 Å². The number of carbonyl (C=O) groups excluding carboxylic acids is 3. The molecular weight excluding hydrogens is 643 g/mol. The number of thioether (sulfide) groups is 1. The molecule has 3 amide bonds. The lowest BCUT2D eigenvalue weighted by Gasteiger charge is -2.31. The summed E-state index contributed by atoms with van der Waals surface area (Å²) in [5.74, 6) is -3.52. The van der Waals surface area contributed by atoms with E-state index < -0.39 is 46.3 Å². The van der Waals surface area contributed by atoms with Crippen LogP contribution < -0.4 is 9.77 Å². The highest BCUT2D eigenvalue weighted by Crippen LogP contribution is 2.54. The van der Waals surface area contributed by atoms with Crippen LogP contribution in [0.3, 0.4) is 0 Å². The van der Waals surface area contributed by atoms with Crippen molar-refractivity contribution in [2.45, 2.75) is 48.2 Å². The molecule has 0 saturated carbocycles. The Labute approximate surface area is 249 Å². The minimum absolute atomic E-state index is 0.204. The zero-order valence-electron chi connectivity index (χ0n) is 21.4. The summed E-state index contributed by atoms with van der Waals surface area (Å²) < 4.78 is 43.9. The van der Waals surface area contributed by atoms with Crippen molar-refractivity contribution in [3.63, 3.8) is 0 Å². The third-order valence-electron chi connectivity index (χ3n) is 7.73. The number of likely N-dealkylation sites (tertiary alicyclic amines) is 1. The molecule has 7 nitrogen and oxygen atoms in total. The summed E-state index contributed by atoms with van der Waals surface area (Å²) in [6.45, 7) is 1.02. The quantitative estimate of drug-likeness (QED) is 0.344. The van der Waals surface area contributed by atoms with Gasteiger partial charge in [0.25, 0.3) is 0 Å². The van der Waals surface area contributed by atoms with Crippen molar-refractivity contribution < 1.29 is 27.6 Å². The number of imide groups is 1. The number of anilines is 1. The third kappa shape index (κ3) is 4.95. The van der Waals surface area contributed by atoms with E-state index in [2.05, 4.69) is 15.9 Å². The Bertz CT molecular complexity index is 1600. The van der Waals surface area contributed by atoms with Crippen molar-refractivity contribution in [2.75, 3.05) is 18.0 Å². The van der Waals surface area contributed by atoms with E-state index in [1.807, 2.05) is 0 Å². The van der Waals surface area contributed by atoms with Crippen LogP contribution in [0.1, 0.15) is 41.2 Å². The number of para-hydroxylation sites is 1. The van der Waals surface area contributed by atoms with E-state index in [-0.39, 0.29) is 17.3 Å². The van der Waals surface area contributed by atoms with Gasteiger partial charge in [0.1, 0.15) is 11.8 Å². The summed E-state index contributed by atoms with van der Waals surface area (Å²) in [7, 11) is 0. The zero-order chi connectivity index (χ0) is 29.1. The molecule has 0 radical (unpaired) electrons. The summed E-state index contributed by atoms with van der Waals surface area (Å²) in [5, 5.41) is -0.665. The zero-order valence-corrected chi connectivity index (χ0v) is 24.6. The minimum atomic E-state index is -4.78. The van der Waals surface area contributed by atoms with Gasteiger partial charge in [-0.1, -0.05) is 63.3 Å². The van der Waals surface area contributed by atoms with Gasteiger partial charge in [-0.3, -0.25) is 23.7 Å². The van der Waals surface area contributed by atoms with Gasteiger partial charge in [-0.15, -0.1) is 0 Å². The molecule has 0 N–H and O–H groups in total. The molecule has 0 aliphatic carbocycles. The molecule has 41 heavy (non-hydrogen) atoms. The van der Waals surface area contributed by atoms with Gasteiger partial charge >= 0.3 is 11.0 Å². The van der Waals surface area contributed by atoms with Gasteiger partial charge in [-0.05, 0) is 49.1 Å². The maximum atomic E-state index is 13.9. The fourth-order valence-electron chi connectivity index (χ4n) is 5.81. The van der Waals surface area contributed by atoms with E-state index in [0.29, 0.717) is 33.5 Å². The molecule has 214 valence electrons. The predicted molar refractivity (Wildman–Crippen MR) is 152 cm³/mol. The van der Waals surface area contributed by atoms with Crippen molar-refractivity contribution in [1.82, 2.24) is 9.47 Å². The standard InChI is InChI=1S/C28H23BrF3N3O4S2/c29-16-10-8-15(9-11-16)20-21-22(25(38)35(24(21)37)18-7-3-2-6-17(18)28(30,31)32)40-26-23(20)41-27(39)34(26)14-19(36)33-12-4-1-5-13-33/h2-3,6-11,20-22H,1,4-5,12-14H2/t20-,21-,22+/m0/s1. The van der Waals surface area contributed by atoms with E-state index in [9.17, 15) is 32.3 Å². The highest BCUT2D eigenvalue weighted by atomic mass is 79.9. The van der Waals surface area contributed by atoms with Crippen LogP contribution in [0, 0.1) is 5.92 Å². The van der Waals surface area contributed by atoms with Gasteiger partial charge in [0.05, 0.1) is 22.2 Å². The molecule has 2 saturated heterocycles. The number of halogens is 4. The highest BCUT2D eigenvalue weighted by molar-refractivity contribution is 9.10. The number of aromatic nitrogens is 1. The first-order chi connectivity index (χ1) is 19.6. The summed E-state index contributed by atoms with van der Waals surface area (Å²) in [5.41, 5.74) is -0.947. The van der Waals surface area contributed by atoms with Gasteiger partial charge in [-0.2, -0.15) is 13.2 Å². The number of hydrogen-bond donors (Lipinski definition) is 0. The van der Waals surface area contributed by atoms with Gasteiger partial charge in [0.2, 0.25) is 17.7 Å². The van der Waals surface area contributed by atoms with Gasteiger partial charge in [0.15, 0.2) is 0 Å². The lowest BCUT2D eigenvalue weighted by molar-refractivity contribution is -0.137. The average molecular weight is 667 g/mol. The number of carbonyl (C=O) groups is 3. The molecular formula is C28H23BrF3N3O4S2. The number of benzene rings is 2. The second-order valence-electron chi connectivity index (χ2n) is 10.2. The Morgan fingerprint density at radius 2 is 1.63 bits per heavy atom. The van der Waals surface area contributed by atoms with Gasteiger partial charge in [0, 0.05) is 28.4 Å². The summed E-state index contributed by atoms with van der Waals surface area (Å²) >= 11 is 5.29. The van der Waals surface area contributed by atoms with Gasteiger partial charge in [-0.25, -0.2) is 4.90 Å². The second-order valence-corrected chi connectivity index (χ2v) is 13.2. The lowest BCUT2D eigenvalue weighted by atomic mass is 9.83. The van der Waals surface area contributed by atoms with Crippen molar-refractivity contribution in [2.24, 2.45) is 5.92 Å². The average Bonchev–Trinajstić information content (AvgIpc) is 3.39. The van der Waals surface area contributed by atoms with Crippen LogP contribution in [0.4, 0.5) is 18.9 Å². The SMILES string of the molecule is O=C(Cn1c2c(sc1=O)[C@@H](c1ccc(Br)cc1)[C@@H]1C(=O)N(c3ccccc3C(F)(F)F)C(=O)[C@@H]1S2)N1CCCCC1. The molecule has 0 bridgehead atoms. The molecule has 0 spiro atoms. The largest absolute Gasteiger partial charge is 0.418 e. The Morgan fingerprint density at radius 1 is 0.951 bits per heavy atom. The molecule has 3 aromatic rings. The molecule has 1 aromatic heterocycles. The molecule has 2 aromatic carbocycles. The fraction of sp³-hybridized carbons (Fsp3) is 0.357. The van der Waals surface area contributed by atoms with Crippen molar-refractivity contribution in [3.8, 4) is 0 Å². The van der Waals surface area contributed by atoms with Crippen LogP contribution in [-0.4, -0.2) is 45.5 Å². The summed E-state index contributed by atoms with van der Waals surface area (Å²) in [6, 6.07) is 11.6. The number of rotatable bonds is 4. The predicted octanol–water partition coefficient (Wildman–Crippen LogP) is 5.50. The number of piperidine rings is 1. The first-order valence-electron chi connectivity index (χ1n) is 13.0. The van der Waals surface area contributed by atoms with Crippen LogP contribution in [0.2, 0.25) is 0 Å². The Kier molecular flexibility index (Phi) is 7.39. The summed E-state index contributed by atoms with van der Waals surface area (Å²) in [6.07, 6.45) is -1.97. The van der Waals surface area contributed by atoms with Crippen LogP contribution in [0.5, 0.6) is 0 Å². The first-order valence-corrected chi connectivity index (χ1v) is 15.5. The van der Waals surface area contributed by atoms with Gasteiger partial charge < -0.3 is 4.90 Å². The van der Waals surface area contributed by atoms with Crippen molar-refractivity contribution in [3.05, 3.63) is 78.7 Å². The van der Waals surface area contributed by atoms with Crippen LogP contribution in [-0.2, 0) is 27.1 Å². The van der Waals surface area contributed by atoms with E-state index in [4.69, 9.17) is 0 Å². The molecule has 13 heteroatoms.